The number of nitrogens with one attached hydrogen (secondary N) is 1. The van der Waals surface area contributed by atoms with Gasteiger partial charge < -0.3 is 9.84 Å². The van der Waals surface area contributed by atoms with Gasteiger partial charge in [0.1, 0.15) is 6.04 Å². The summed E-state index contributed by atoms with van der Waals surface area (Å²) in [7, 11) is 1.38. The number of methoxy groups -OCH3 is 1. The lowest BCUT2D eigenvalue weighted by Crippen LogP contribution is -2.41. The number of aliphatic hydroxyl groups excluding tert-OH is 1. The number of esters is 1. The Morgan fingerprint density at radius 3 is 2.89 bits per heavy atom. The topological polar surface area (TPSA) is 89.3 Å². The fourth-order valence-electron chi connectivity index (χ4n) is 1.69. The van der Waals surface area contributed by atoms with Crippen molar-refractivity contribution in [3.63, 3.8) is 0 Å². The zero-order chi connectivity index (χ0) is 14.3. The van der Waals surface area contributed by atoms with Crippen LogP contribution in [-0.2, 0) is 22.6 Å². The van der Waals surface area contributed by atoms with Gasteiger partial charge in [-0.3, -0.25) is 14.8 Å². The lowest BCUT2D eigenvalue weighted by atomic mass is 10.0. The minimum absolute atomic E-state index is 0.130. The van der Waals surface area contributed by atoms with E-state index in [2.05, 4.69) is 15.6 Å². The minimum atomic E-state index is -0.354. The first kappa shape index (κ1) is 15.6. The predicted octanol–water partition coefficient (Wildman–Crippen LogP) is -0.0523. The number of ether oxygens (including phenoxy) is 1. The molecule has 108 valence electrons. The number of hydrogen-bond donors (Lipinski definition) is 2. The maximum Gasteiger partial charge on any atom is 0.323 e. The predicted molar refractivity (Wildman–Crippen MR) is 69.2 cm³/mol. The summed E-state index contributed by atoms with van der Waals surface area (Å²) in [5, 5.41) is 19.8. The van der Waals surface area contributed by atoms with E-state index in [-0.39, 0.29) is 24.5 Å². The Morgan fingerprint density at radius 1 is 1.58 bits per heavy atom. The highest BCUT2D eigenvalue weighted by Crippen LogP contribution is 2.05. The monoisotopic (exact) mass is 270 g/mol. The van der Waals surface area contributed by atoms with Crippen molar-refractivity contribution in [3.05, 3.63) is 11.9 Å². The molecule has 1 rings (SSSR count). The molecule has 7 heteroatoms. The highest BCUT2D eigenvalue weighted by Gasteiger charge is 2.22. The molecule has 0 aliphatic carbocycles. The van der Waals surface area contributed by atoms with E-state index in [0.29, 0.717) is 19.5 Å². The molecule has 0 aliphatic rings. The van der Waals surface area contributed by atoms with E-state index in [4.69, 9.17) is 9.84 Å². The Labute approximate surface area is 112 Å². The third-order valence-electron chi connectivity index (χ3n) is 2.76. The average molecular weight is 270 g/mol. The number of carbonyl (C=O) groups excluding carboxylic acids is 1. The molecule has 0 aromatic carbocycles. The zero-order valence-electron chi connectivity index (χ0n) is 11.7. The van der Waals surface area contributed by atoms with Crippen LogP contribution in [0.2, 0.25) is 0 Å². The summed E-state index contributed by atoms with van der Waals surface area (Å²) in [5.41, 5.74) is 0.757. The highest BCUT2D eigenvalue weighted by atomic mass is 16.5. The van der Waals surface area contributed by atoms with E-state index in [9.17, 15) is 4.79 Å². The van der Waals surface area contributed by atoms with Crippen molar-refractivity contribution in [2.75, 3.05) is 13.7 Å². The fourth-order valence-corrected chi connectivity index (χ4v) is 1.69. The summed E-state index contributed by atoms with van der Waals surface area (Å²) >= 11 is 0. The van der Waals surface area contributed by atoms with Crippen molar-refractivity contribution >= 4 is 5.97 Å². The average Bonchev–Trinajstić information content (AvgIpc) is 2.83. The van der Waals surface area contributed by atoms with Gasteiger partial charge in [-0.05, 0) is 12.3 Å². The molecule has 0 amide bonds. The Kier molecular flexibility index (Phi) is 6.44. The van der Waals surface area contributed by atoms with Crippen molar-refractivity contribution in [2.24, 2.45) is 5.92 Å². The molecule has 0 spiro atoms. The van der Waals surface area contributed by atoms with Gasteiger partial charge in [-0.25, -0.2) is 0 Å². The normalized spacial score (nSPS) is 12.7. The Morgan fingerprint density at radius 2 is 2.32 bits per heavy atom. The molecule has 1 unspecified atom stereocenters. The van der Waals surface area contributed by atoms with E-state index in [1.165, 1.54) is 7.11 Å². The van der Waals surface area contributed by atoms with Crippen molar-refractivity contribution < 1.29 is 14.6 Å². The van der Waals surface area contributed by atoms with Crippen LogP contribution in [0, 0.1) is 5.92 Å². The smallest absolute Gasteiger partial charge is 0.323 e. The minimum Gasteiger partial charge on any atom is -0.468 e. The summed E-state index contributed by atoms with van der Waals surface area (Å²) in [6.07, 6.45) is 2.45. The van der Waals surface area contributed by atoms with Crippen LogP contribution in [0.15, 0.2) is 6.20 Å². The molecule has 0 fully saturated rings. The fraction of sp³-hybridized carbons (Fsp3) is 0.750. The van der Waals surface area contributed by atoms with Gasteiger partial charge in [0.05, 0.1) is 12.8 Å². The number of aryl methyl sites for hydroxylation is 1. The Hall–Kier alpha value is -1.47. The molecule has 1 atom stereocenters. The second-order valence-electron chi connectivity index (χ2n) is 4.68. The van der Waals surface area contributed by atoms with Gasteiger partial charge >= 0.3 is 5.97 Å². The largest absolute Gasteiger partial charge is 0.468 e. The summed E-state index contributed by atoms with van der Waals surface area (Å²) < 4.78 is 6.43. The molecule has 0 saturated heterocycles. The van der Waals surface area contributed by atoms with Crippen LogP contribution in [0.25, 0.3) is 0 Å². The van der Waals surface area contributed by atoms with Gasteiger partial charge in [-0.2, -0.15) is 0 Å². The first-order valence-corrected chi connectivity index (χ1v) is 6.39. The lowest BCUT2D eigenvalue weighted by Gasteiger charge is -2.18. The van der Waals surface area contributed by atoms with Gasteiger partial charge in [0.2, 0.25) is 0 Å². The molecule has 0 saturated carbocycles. The van der Waals surface area contributed by atoms with Crippen LogP contribution in [0.3, 0.4) is 0 Å². The molecular formula is C12H22N4O3. The molecular weight excluding hydrogens is 248 g/mol. The summed E-state index contributed by atoms with van der Waals surface area (Å²) in [5.74, 6) is -0.139. The Bertz CT molecular complexity index is 392. The van der Waals surface area contributed by atoms with Crippen LogP contribution in [0.5, 0.6) is 0 Å². The quantitative estimate of drug-likeness (QED) is 0.644. The van der Waals surface area contributed by atoms with Gasteiger partial charge in [-0.15, -0.1) is 5.10 Å². The first-order valence-electron chi connectivity index (χ1n) is 6.39. The van der Waals surface area contributed by atoms with Crippen LogP contribution >= 0.6 is 0 Å². The lowest BCUT2D eigenvalue weighted by molar-refractivity contribution is -0.144. The molecule has 1 aromatic heterocycles. The molecule has 0 bridgehead atoms. The van der Waals surface area contributed by atoms with Crippen molar-refractivity contribution in [1.82, 2.24) is 20.3 Å². The van der Waals surface area contributed by atoms with E-state index < -0.39 is 0 Å². The number of rotatable bonds is 8. The number of aromatic nitrogens is 3. The van der Waals surface area contributed by atoms with Crippen LogP contribution in [0.4, 0.5) is 0 Å². The molecule has 1 aromatic rings. The van der Waals surface area contributed by atoms with Gasteiger partial charge in [-0.1, -0.05) is 19.1 Å². The van der Waals surface area contributed by atoms with E-state index in [1.54, 1.807) is 10.9 Å². The van der Waals surface area contributed by atoms with Gasteiger partial charge in [0.25, 0.3) is 0 Å². The maximum absolute atomic E-state index is 11.6. The second kappa shape index (κ2) is 7.85. The van der Waals surface area contributed by atoms with Crippen LogP contribution in [-0.4, -0.2) is 45.8 Å². The summed E-state index contributed by atoms with van der Waals surface area (Å²) in [6, 6.07) is -0.354. The van der Waals surface area contributed by atoms with Crippen molar-refractivity contribution in [3.8, 4) is 0 Å². The Balaban J connectivity index is 2.50. The van der Waals surface area contributed by atoms with Crippen molar-refractivity contribution in [1.29, 1.82) is 0 Å². The molecule has 0 radical (unpaired) electrons. The molecule has 7 nitrogen and oxygen atoms in total. The zero-order valence-corrected chi connectivity index (χ0v) is 11.7. The third kappa shape index (κ3) is 4.96. The number of nitrogens with zero attached hydrogens (tertiary/aromatic N) is 3. The number of carbonyl (C=O) groups is 1. The van der Waals surface area contributed by atoms with E-state index in [1.807, 2.05) is 13.8 Å². The SMILES string of the molecule is COC(=O)C(NCc1cn(CCCO)nn1)C(C)C. The van der Waals surface area contributed by atoms with Crippen LogP contribution in [0.1, 0.15) is 26.0 Å². The molecule has 1 heterocycles. The van der Waals surface area contributed by atoms with Crippen LogP contribution < -0.4 is 5.32 Å². The molecule has 2 N–H and O–H groups in total. The summed E-state index contributed by atoms with van der Waals surface area (Å²) in [6.45, 7) is 5.12. The van der Waals surface area contributed by atoms with E-state index >= 15 is 0 Å². The molecule has 19 heavy (non-hydrogen) atoms. The molecule has 0 aliphatic heterocycles. The standard InChI is InChI=1S/C12H22N4O3/c1-9(2)11(12(18)19-3)13-7-10-8-16(15-14-10)5-4-6-17/h8-9,11,13,17H,4-7H2,1-3H3. The van der Waals surface area contributed by atoms with Crippen molar-refractivity contribution in [2.45, 2.75) is 39.4 Å². The number of aliphatic hydroxyl groups is 1. The summed E-state index contributed by atoms with van der Waals surface area (Å²) in [4.78, 5) is 11.6. The second-order valence-corrected chi connectivity index (χ2v) is 4.68. The third-order valence-corrected chi connectivity index (χ3v) is 2.76. The first-order chi connectivity index (χ1) is 9.08. The highest BCUT2D eigenvalue weighted by molar-refractivity contribution is 5.75. The van der Waals surface area contributed by atoms with E-state index in [0.717, 1.165) is 5.69 Å². The van der Waals surface area contributed by atoms with Gasteiger partial charge in [0, 0.05) is 25.9 Å². The number of hydrogen-bond acceptors (Lipinski definition) is 6. The maximum atomic E-state index is 11.6. The van der Waals surface area contributed by atoms with Gasteiger partial charge in [0.15, 0.2) is 0 Å².